The van der Waals surface area contributed by atoms with E-state index in [1.165, 1.54) is 41.4 Å². The lowest BCUT2D eigenvalue weighted by molar-refractivity contribution is -0.0259. The van der Waals surface area contributed by atoms with Crippen LogP contribution in [0.3, 0.4) is 0 Å². The van der Waals surface area contributed by atoms with Crippen molar-refractivity contribution < 1.29 is 17.5 Å². The van der Waals surface area contributed by atoms with Crippen LogP contribution in [0.15, 0.2) is 101 Å². The largest absolute Gasteiger partial charge is 0.359 e. The topological polar surface area (TPSA) is 122 Å². The molecule has 45 heavy (non-hydrogen) atoms. The zero-order chi connectivity index (χ0) is 31.5. The van der Waals surface area contributed by atoms with Gasteiger partial charge < -0.3 is 15.0 Å². The Hall–Kier alpha value is -4.71. The first-order valence-electron chi connectivity index (χ1n) is 14.5. The van der Waals surface area contributed by atoms with Crippen molar-refractivity contribution in [2.75, 3.05) is 6.54 Å². The van der Waals surface area contributed by atoms with Gasteiger partial charge >= 0.3 is 0 Å². The Morgan fingerprint density at radius 3 is 2.42 bits per heavy atom. The number of ether oxygens (including phenoxy) is 1. The molecular weight excluding hydrogens is 593 g/mol. The number of halogens is 1. The molecule has 228 valence electrons. The maximum Gasteiger partial charge on any atom is 0.275 e. The maximum atomic E-state index is 14.0. The minimum Gasteiger partial charge on any atom is -0.359 e. The number of fused-ring (bicyclic) bond motifs is 2. The second-order valence-electron chi connectivity index (χ2n) is 11.5. The number of rotatable bonds is 8. The first-order chi connectivity index (χ1) is 21.6. The number of nitrogens with zero attached hydrogens (tertiary/aromatic N) is 4. The van der Waals surface area contributed by atoms with Crippen LogP contribution in [0, 0.1) is 12.7 Å². The summed E-state index contributed by atoms with van der Waals surface area (Å²) < 4.78 is 50.4. The Morgan fingerprint density at radius 1 is 1.00 bits per heavy atom. The molecule has 0 amide bonds. The number of pyridine rings is 1. The summed E-state index contributed by atoms with van der Waals surface area (Å²) in [4.78, 5) is 22.7. The second kappa shape index (κ2) is 10.7. The van der Waals surface area contributed by atoms with E-state index < -0.39 is 21.2 Å². The van der Waals surface area contributed by atoms with E-state index in [4.69, 9.17) is 10.5 Å². The van der Waals surface area contributed by atoms with Crippen molar-refractivity contribution in [1.29, 1.82) is 0 Å². The number of hydrogen-bond acceptors (Lipinski definition) is 7. The quantitative estimate of drug-likeness (QED) is 0.253. The average molecular weight is 624 g/mol. The molecule has 1 fully saturated rings. The minimum absolute atomic E-state index is 0.00897. The summed E-state index contributed by atoms with van der Waals surface area (Å²) in [5.74, 6) is -0.374. The highest BCUT2D eigenvalue weighted by Crippen LogP contribution is 2.42. The first-order valence-corrected chi connectivity index (χ1v) is 16.0. The van der Waals surface area contributed by atoms with Gasteiger partial charge in [0.05, 0.1) is 22.2 Å². The van der Waals surface area contributed by atoms with Gasteiger partial charge in [0.2, 0.25) is 0 Å². The highest BCUT2D eigenvalue weighted by Gasteiger charge is 2.42. The lowest BCUT2D eigenvalue weighted by atomic mass is 9.86. The van der Waals surface area contributed by atoms with Crippen LogP contribution in [0.1, 0.15) is 29.7 Å². The summed E-state index contributed by atoms with van der Waals surface area (Å²) in [5, 5.41) is 1.14. The molecule has 1 aliphatic rings. The molecule has 11 heteroatoms. The molecule has 0 spiro atoms. The van der Waals surface area contributed by atoms with Crippen LogP contribution in [-0.4, -0.2) is 39.6 Å². The van der Waals surface area contributed by atoms with Gasteiger partial charge in [-0.1, -0.05) is 35.9 Å². The number of aromatic nitrogens is 4. The molecule has 0 aliphatic heterocycles. The van der Waals surface area contributed by atoms with E-state index in [-0.39, 0.29) is 28.9 Å². The lowest BCUT2D eigenvalue weighted by Gasteiger charge is -2.33. The average Bonchev–Trinajstić information content (AvgIpc) is 3.74. The van der Waals surface area contributed by atoms with E-state index >= 15 is 0 Å². The molecule has 1 atom stereocenters. The number of nitrogens with two attached hydrogens (primary N) is 1. The fourth-order valence-corrected chi connectivity index (χ4v) is 7.19. The minimum atomic E-state index is -4.05. The zero-order valence-electron chi connectivity index (χ0n) is 24.6. The summed E-state index contributed by atoms with van der Waals surface area (Å²) in [6.07, 6.45) is 6.32. The third-order valence-corrected chi connectivity index (χ3v) is 10.1. The van der Waals surface area contributed by atoms with Crippen molar-refractivity contribution in [2.24, 2.45) is 12.8 Å². The van der Waals surface area contributed by atoms with Crippen molar-refractivity contribution in [3.8, 4) is 11.1 Å². The van der Waals surface area contributed by atoms with Crippen LogP contribution < -0.4 is 11.3 Å². The molecule has 7 rings (SSSR count). The van der Waals surface area contributed by atoms with Crippen LogP contribution >= 0.6 is 0 Å². The molecule has 3 aromatic heterocycles. The molecular formula is C34H30FN5O4S. The Labute approximate surface area is 258 Å². The van der Waals surface area contributed by atoms with Crippen LogP contribution in [0.2, 0.25) is 0 Å². The smallest absolute Gasteiger partial charge is 0.275 e. The molecule has 2 N–H and O–H groups in total. The van der Waals surface area contributed by atoms with Crippen molar-refractivity contribution in [3.05, 3.63) is 125 Å². The number of hydrogen-bond donors (Lipinski definition) is 1. The van der Waals surface area contributed by atoms with Gasteiger partial charge in [0.1, 0.15) is 23.3 Å². The number of aryl methyl sites for hydroxylation is 2. The van der Waals surface area contributed by atoms with Crippen molar-refractivity contribution in [2.45, 2.75) is 36.4 Å². The predicted octanol–water partition coefficient (Wildman–Crippen LogP) is 5.02. The van der Waals surface area contributed by atoms with Gasteiger partial charge in [-0.25, -0.2) is 26.7 Å². The van der Waals surface area contributed by atoms with Gasteiger partial charge in [0.25, 0.3) is 15.6 Å². The Kier molecular flexibility index (Phi) is 6.92. The summed E-state index contributed by atoms with van der Waals surface area (Å²) in [6.45, 7) is 1.92. The molecule has 3 heterocycles. The third-order valence-electron chi connectivity index (χ3n) is 8.38. The summed E-state index contributed by atoms with van der Waals surface area (Å²) in [5.41, 5.74) is 9.01. The van der Waals surface area contributed by atoms with E-state index in [0.717, 1.165) is 22.4 Å². The maximum absolute atomic E-state index is 14.0. The van der Waals surface area contributed by atoms with E-state index in [1.54, 1.807) is 43.6 Å². The van der Waals surface area contributed by atoms with Gasteiger partial charge in [-0.15, -0.1) is 0 Å². The van der Waals surface area contributed by atoms with Gasteiger partial charge in [0, 0.05) is 42.3 Å². The van der Waals surface area contributed by atoms with Crippen molar-refractivity contribution in [1.82, 2.24) is 18.5 Å². The predicted molar refractivity (Wildman–Crippen MR) is 170 cm³/mol. The highest BCUT2D eigenvalue weighted by atomic mass is 32.2. The summed E-state index contributed by atoms with van der Waals surface area (Å²) in [6, 6.07) is 19.8. The lowest BCUT2D eigenvalue weighted by Crippen LogP contribution is -2.41. The van der Waals surface area contributed by atoms with E-state index in [2.05, 4.69) is 9.97 Å². The Morgan fingerprint density at radius 2 is 1.73 bits per heavy atom. The monoisotopic (exact) mass is 623 g/mol. The molecule has 0 saturated heterocycles. The Balaban J connectivity index is 1.44. The Bertz CT molecular complexity index is 2260. The second-order valence-corrected chi connectivity index (χ2v) is 13.3. The molecule has 1 saturated carbocycles. The molecule has 0 radical (unpaired) electrons. The first kappa shape index (κ1) is 29.0. The van der Waals surface area contributed by atoms with E-state index in [9.17, 15) is 17.6 Å². The van der Waals surface area contributed by atoms with Crippen LogP contribution in [0.5, 0.6) is 0 Å². The van der Waals surface area contributed by atoms with E-state index in [1.807, 2.05) is 25.1 Å². The number of benzene rings is 3. The molecule has 9 nitrogen and oxygen atoms in total. The van der Waals surface area contributed by atoms with E-state index in [0.29, 0.717) is 38.7 Å². The summed E-state index contributed by atoms with van der Waals surface area (Å²) >= 11 is 0. The van der Waals surface area contributed by atoms with Gasteiger partial charge in [-0.2, -0.15) is 0 Å². The fraction of sp³-hybridized carbons (Fsp3) is 0.206. The van der Waals surface area contributed by atoms with Gasteiger partial charge in [-0.3, -0.25) is 4.79 Å². The SMILES string of the molecule is Cc1ccc(S(=O)(=O)n2ccc3c(-c4ccc5ncnc(C(CN)(OC6CC6)c6ccc(F)cc6)c5c4)cn(C)c(=O)c32)cc1. The standard InChI is InChI=1S/C34H30FN5O4S/c1-21-3-12-26(13-4-21)45(42,43)40-16-15-27-29(18-39(2)33(41)31(27)40)22-5-14-30-28(17-22)32(38-20-37-30)34(19-36,44-25-10-11-25)23-6-8-24(35)9-7-23/h3-9,12-18,20,25H,10-11,19,36H2,1-2H3. The third kappa shape index (κ3) is 4.84. The van der Waals surface area contributed by atoms with Crippen LogP contribution in [0.4, 0.5) is 4.39 Å². The molecule has 1 unspecified atom stereocenters. The van der Waals surface area contributed by atoms with Crippen LogP contribution in [-0.2, 0) is 27.4 Å². The normalized spacial score (nSPS) is 15.0. The molecule has 6 aromatic rings. The summed E-state index contributed by atoms with van der Waals surface area (Å²) in [7, 11) is -2.46. The zero-order valence-corrected chi connectivity index (χ0v) is 25.5. The van der Waals surface area contributed by atoms with Crippen molar-refractivity contribution in [3.63, 3.8) is 0 Å². The van der Waals surface area contributed by atoms with Crippen LogP contribution in [0.25, 0.3) is 32.9 Å². The van der Waals surface area contributed by atoms with Gasteiger partial charge in [0.15, 0.2) is 0 Å². The highest BCUT2D eigenvalue weighted by molar-refractivity contribution is 7.90. The molecule has 3 aromatic carbocycles. The molecule has 1 aliphatic carbocycles. The molecule has 0 bridgehead atoms. The van der Waals surface area contributed by atoms with Crippen molar-refractivity contribution >= 4 is 31.8 Å². The van der Waals surface area contributed by atoms with Gasteiger partial charge in [-0.05, 0) is 73.4 Å². The fourth-order valence-electron chi connectivity index (χ4n) is 5.84.